The number of non-ortho nitro benzene ring substituents is 1. The van der Waals surface area contributed by atoms with E-state index in [9.17, 15) is 19.6 Å². The number of rotatable bonds is 4. The van der Waals surface area contributed by atoms with Crippen LogP contribution in [0.1, 0.15) is 5.56 Å². The normalized spacial score (nSPS) is 10.8. The molecule has 0 radical (unpaired) electrons. The molecule has 0 aromatic heterocycles. The zero-order chi connectivity index (χ0) is 15.4. The molecule has 2 rings (SSSR count). The van der Waals surface area contributed by atoms with Gasteiger partial charge in [-0.3, -0.25) is 15.5 Å². The molecule has 0 fully saturated rings. The average molecular weight is 354 g/mol. The molecule has 0 spiro atoms. The van der Waals surface area contributed by atoms with Crippen LogP contribution in [0.3, 0.4) is 0 Å². The second-order valence-corrected chi connectivity index (χ2v) is 4.91. The molecule has 0 aliphatic heterocycles. The Labute approximate surface area is 127 Å². The Kier molecular flexibility index (Phi) is 4.49. The Morgan fingerprint density at radius 3 is 2.76 bits per heavy atom. The smallest absolute Gasteiger partial charge is 0.270 e. The van der Waals surface area contributed by atoms with Crippen LogP contribution in [0.15, 0.2) is 46.0 Å². The van der Waals surface area contributed by atoms with Gasteiger partial charge in [-0.25, -0.2) is 4.39 Å². The summed E-state index contributed by atoms with van der Waals surface area (Å²) < 4.78 is 14.1. The minimum atomic E-state index is -0.585. The molecule has 6 nitrogen and oxygen atoms in total. The highest BCUT2D eigenvalue weighted by Crippen LogP contribution is 2.22. The van der Waals surface area contributed by atoms with Crippen molar-refractivity contribution in [1.29, 1.82) is 0 Å². The van der Waals surface area contributed by atoms with Gasteiger partial charge in [-0.2, -0.15) is 5.10 Å². The first-order valence-electron chi connectivity index (χ1n) is 5.69. The van der Waals surface area contributed by atoms with Crippen molar-refractivity contribution in [2.75, 3.05) is 5.43 Å². The van der Waals surface area contributed by atoms with Crippen LogP contribution in [0, 0.1) is 15.9 Å². The molecule has 8 heteroatoms. The molecule has 108 valence electrons. The molecule has 0 atom stereocenters. The predicted octanol–water partition coefficient (Wildman–Crippen LogP) is 3.65. The number of nitro groups is 1. The van der Waals surface area contributed by atoms with E-state index in [2.05, 4.69) is 26.5 Å². The summed E-state index contributed by atoms with van der Waals surface area (Å²) in [6, 6.07) is 7.91. The molecule has 0 unspecified atom stereocenters. The van der Waals surface area contributed by atoms with E-state index in [1.54, 1.807) is 6.07 Å². The first-order valence-corrected chi connectivity index (χ1v) is 6.48. The molecule has 0 aliphatic carbocycles. The van der Waals surface area contributed by atoms with Crippen LogP contribution in [0.2, 0.25) is 0 Å². The Balaban J connectivity index is 2.17. The van der Waals surface area contributed by atoms with Gasteiger partial charge in [-0.05, 0) is 24.3 Å². The molecule has 2 aromatic carbocycles. The lowest BCUT2D eigenvalue weighted by Crippen LogP contribution is -1.95. The number of hydrazone groups is 1. The van der Waals surface area contributed by atoms with E-state index in [4.69, 9.17) is 0 Å². The second kappa shape index (κ2) is 6.31. The van der Waals surface area contributed by atoms with Crippen LogP contribution in [0.4, 0.5) is 15.8 Å². The highest BCUT2D eigenvalue weighted by molar-refractivity contribution is 9.10. The van der Waals surface area contributed by atoms with Crippen molar-refractivity contribution < 1.29 is 14.4 Å². The minimum absolute atomic E-state index is 0.138. The standard InChI is InChI=1S/C13H9BrFN3O3/c14-9-1-3-12(11(15)6-9)17-16-7-8-5-10(18(20)21)2-4-13(8)19/h1-7,17,19H/b16-7+. The summed E-state index contributed by atoms with van der Waals surface area (Å²) in [4.78, 5) is 10.1. The molecule has 2 N–H and O–H groups in total. The number of anilines is 1. The van der Waals surface area contributed by atoms with Crippen molar-refractivity contribution in [2.45, 2.75) is 0 Å². The highest BCUT2D eigenvalue weighted by Gasteiger charge is 2.08. The maximum Gasteiger partial charge on any atom is 0.270 e. The summed E-state index contributed by atoms with van der Waals surface area (Å²) in [5, 5.41) is 24.0. The van der Waals surface area contributed by atoms with E-state index >= 15 is 0 Å². The van der Waals surface area contributed by atoms with E-state index in [1.165, 1.54) is 36.5 Å². The van der Waals surface area contributed by atoms with E-state index < -0.39 is 10.7 Å². The van der Waals surface area contributed by atoms with Gasteiger partial charge in [0.1, 0.15) is 11.6 Å². The fourth-order valence-electron chi connectivity index (χ4n) is 1.51. The summed E-state index contributed by atoms with van der Waals surface area (Å²) in [5.74, 6) is -0.674. The van der Waals surface area contributed by atoms with Crippen LogP contribution >= 0.6 is 15.9 Å². The molecule has 0 saturated carbocycles. The predicted molar refractivity (Wildman–Crippen MR) is 80.1 cm³/mol. The number of phenolic OH excluding ortho intramolecular Hbond substituents is 1. The number of nitro benzene ring substituents is 1. The third kappa shape index (κ3) is 3.76. The Morgan fingerprint density at radius 2 is 2.10 bits per heavy atom. The molecule has 0 bridgehead atoms. The maximum atomic E-state index is 13.5. The van der Waals surface area contributed by atoms with Gasteiger partial charge in [0.05, 0.1) is 16.8 Å². The Hall–Kier alpha value is -2.48. The van der Waals surface area contributed by atoms with Crippen LogP contribution in [-0.2, 0) is 0 Å². The van der Waals surface area contributed by atoms with Crippen LogP contribution in [0.5, 0.6) is 5.75 Å². The van der Waals surface area contributed by atoms with Crippen molar-refractivity contribution in [1.82, 2.24) is 0 Å². The largest absolute Gasteiger partial charge is 0.507 e. The molecular weight excluding hydrogens is 345 g/mol. The number of aromatic hydroxyl groups is 1. The molecule has 0 amide bonds. The first-order chi connectivity index (χ1) is 9.97. The number of halogens is 2. The molecule has 0 aliphatic rings. The second-order valence-electron chi connectivity index (χ2n) is 3.99. The van der Waals surface area contributed by atoms with Crippen LogP contribution in [0.25, 0.3) is 0 Å². The number of nitrogens with zero attached hydrogens (tertiary/aromatic N) is 2. The number of nitrogens with one attached hydrogen (secondary N) is 1. The monoisotopic (exact) mass is 353 g/mol. The quantitative estimate of drug-likeness (QED) is 0.498. The SMILES string of the molecule is O=[N+]([O-])c1ccc(O)c(/C=N/Nc2ccc(Br)cc2F)c1. The maximum absolute atomic E-state index is 13.5. The molecular formula is C13H9BrFN3O3. The Bertz CT molecular complexity index is 722. The van der Waals surface area contributed by atoms with Gasteiger partial charge in [-0.1, -0.05) is 15.9 Å². The lowest BCUT2D eigenvalue weighted by Gasteiger charge is -2.03. The van der Waals surface area contributed by atoms with Gasteiger partial charge in [0.25, 0.3) is 5.69 Å². The summed E-state index contributed by atoms with van der Waals surface area (Å²) in [6.45, 7) is 0. The summed E-state index contributed by atoms with van der Waals surface area (Å²) in [5.41, 5.74) is 2.57. The summed E-state index contributed by atoms with van der Waals surface area (Å²) in [7, 11) is 0. The third-order valence-electron chi connectivity index (χ3n) is 2.54. The van der Waals surface area contributed by atoms with Crippen molar-refractivity contribution in [3.8, 4) is 5.75 Å². The van der Waals surface area contributed by atoms with Gasteiger partial charge in [-0.15, -0.1) is 0 Å². The fraction of sp³-hybridized carbons (Fsp3) is 0. The fourth-order valence-corrected chi connectivity index (χ4v) is 1.84. The Morgan fingerprint density at radius 1 is 1.33 bits per heavy atom. The molecule has 21 heavy (non-hydrogen) atoms. The highest BCUT2D eigenvalue weighted by atomic mass is 79.9. The first kappa shape index (κ1) is 14.9. The van der Waals surface area contributed by atoms with E-state index in [-0.39, 0.29) is 22.7 Å². The van der Waals surface area contributed by atoms with Gasteiger partial charge < -0.3 is 5.11 Å². The van der Waals surface area contributed by atoms with Gasteiger partial charge in [0.15, 0.2) is 0 Å². The molecule has 2 aromatic rings. The van der Waals surface area contributed by atoms with Gasteiger partial charge in [0, 0.05) is 22.2 Å². The van der Waals surface area contributed by atoms with E-state index in [0.717, 1.165) is 0 Å². The van der Waals surface area contributed by atoms with Gasteiger partial charge in [0.2, 0.25) is 0 Å². The number of benzene rings is 2. The zero-order valence-electron chi connectivity index (χ0n) is 10.5. The van der Waals surface area contributed by atoms with Crippen LogP contribution in [-0.4, -0.2) is 16.2 Å². The van der Waals surface area contributed by atoms with Crippen LogP contribution < -0.4 is 5.43 Å². The van der Waals surface area contributed by atoms with Gasteiger partial charge >= 0.3 is 0 Å². The van der Waals surface area contributed by atoms with Crippen molar-refractivity contribution in [2.24, 2.45) is 5.10 Å². The molecule has 0 heterocycles. The number of phenols is 1. The van der Waals surface area contributed by atoms with E-state index in [0.29, 0.717) is 4.47 Å². The van der Waals surface area contributed by atoms with Crippen molar-refractivity contribution in [3.05, 3.63) is 62.4 Å². The summed E-state index contributed by atoms with van der Waals surface area (Å²) >= 11 is 3.13. The number of hydrogen-bond acceptors (Lipinski definition) is 5. The third-order valence-corrected chi connectivity index (χ3v) is 3.03. The number of hydrogen-bond donors (Lipinski definition) is 2. The lowest BCUT2D eigenvalue weighted by atomic mass is 10.2. The lowest BCUT2D eigenvalue weighted by molar-refractivity contribution is -0.384. The van der Waals surface area contributed by atoms with Crippen molar-refractivity contribution >= 4 is 33.5 Å². The topological polar surface area (TPSA) is 87.8 Å². The van der Waals surface area contributed by atoms with Crippen molar-refractivity contribution in [3.63, 3.8) is 0 Å². The van der Waals surface area contributed by atoms with E-state index in [1.807, 2.05) is 0 Å². The average Bonchev–Trinajstić information content (AvgIpc) is 2.43. The molecule has 0 saturated heterocycles. The summed E-state index contributed by atoms with van der Waals surface area (Å²) in [6.07, 6.45) is 1.17. The minimum Gasteiger partial charge on any atom is -0.507 e. The zero-order valence-corrected chi connectivity index (χ0v) is 12.0.